The molecule has 27 heavy (non-hydrogen) atoms. The fourth-order valence-electron chi connectivity index (χ4n) is 3.13. The van der Waals surface area contributed by atoms with Crippen LogP contribution in [0.1, 0.15) is 29.6 Å². The van der Waals surface area contributed by atoms with Crippen molar-refractivity contribution in [3.8, 4) is 5.75 Å². The number of carbonyl (C=O) groups is 1. The van der Waals surface area contributed by atoms with E-state index in [4.69, 9.17) is 9.26 Å². The van der Waals surface area contributed by atoms with Crippen molar-refractivity contribution in [3.05, 3.63) is 71.6 Å². The molecule has 6 nitrogen and oxygen atoms in total. The van der Waals surface area contributed by atoms with E-state index in [-0.39, 0.29) is 24.2 Å². The molecule has 1 atom stereocenters. The number of hydrogen-bond donors (Lipinski definition) is 0. The summed E-state index contributed by atoms with van der Waals surface area (Å²) >= 11 is 0. The summed E-state index contributed by atoms with van der Waals surface area (Å²) in [4.78, 5) is 18.3. The van der Waals surface area contributed by atoms with E-state index in [9.17, 15) is 9.18 Å². The van der Waals surface area contributed by atoms with Gasteiger partial charge in [-0.3, -0.25) is 4.79 Å². The van der Waals surface area contributed by atoms with Crippen LogP contribution in [0, 0.1) is 12.7 Å². The highest BCUT2D eigenvalue weighted by Crippen LogP contribution is 2.31. The van der Waals surface area contributed by atoms with Gasteiger partial charge in [0.05, 0.1) is 0 Å². The maximum Gasteiger partial charge on any atom is 0.227 e. The maximum absolute atomic E-state index is 13.2. The molecular formula is C20H18FN3O3. The van der Waals surface area contributed by atoms with Crippen molar-refractivity contribution in [3.63, 3.8) is 0 Å². The van der Waals surface area contributed by atoms with Crippen molar-refractivity contribution in [2.24, 2.45) is 0 Å². The molecule has 0 aliphatic carbocycles. The van der Waals surface area contributed by atoms with Gasteiger partial charge in [0.25, 0.3) is 0 Å². The first-order valence-corrected chi connectivity index (χ1v) is 8.66. The standard InChI is InChI=1S/C20H18FN3O3/c1-13-22-20(23-27-13)15-10-19(25)24(11-15)17-5-7-18(8-6-17)26-12-14-3-2-4-16(21)9-14/h2-9,15H,10-12H2,1H3. The molecule has 1 aliphatic rings. The number of halogens is 1. The van der Waals surface area contributed by atoms with Crippen LogP contribution in [0.15, 0.2) is 53.1 Å². The molecule has 1 amide bonds. The lowest BCUT2D eigenvalue weighted by Gasteiger charge is -2.16. The van der Waals surface area contributed by atoms with E-state index in [1.807, 2.05) is 12.1 Å². The third-order valence-corrected chi connectivity index (χ3v) is 4.48. The zero-order chi connectivity index (χ0) is 18.8. The number of aryl methyl sites for hydroxylation is 1. The summed E-state index contributed by atoms with van der Waals surface area (Å²) < 4.78 is 23.9. The second-order valence-corrected chi connectivity index (χ2v) is 6.49. The van der Waals surface area contributed by atoms with Crippen LogP contribution in [0.5, 0.6) is 5.75 Å². The first-order valence-electron chi connectivity index (χ1n) is 8.66. The Labute approximate surface area is 155 Å². The van der Waals surface area contributed by atoms with Crippen molar-refractivity contribution in [1.29, 1.82) is 0 Å². The van der Waals surface area contributed by atoms with Crippen molar-refractivity contribution in [2.75, 3.05) is 11.4 Å². The van der Waals surface area contributed by atoms with E-state index in [1.54, 1.807) is 36.1 Å². The van der Waals surface area contributed by atoms with Gasteiger partial charge in [-0.05, 0) is 42.0 Å². The van der Waals surface area contributed by atoms with Gasteiger partial charge < -0.3 is 14.2 Å². The molecule has 138 valence electrons. The number of benzene rings is 2. The molecule has 1 saturated heterocycles. The molecule has 0 spiro atoms. The first kappa shape index (κ1) is 17.2. The van der Waals surface area contributed by atoms with E-state index >= 15 is 0 Å². The van der Waals surface area contributed by atoms with E-state index < -0.39 is 0 Å². The van der Waals surface area contributed by atoms with Gasteiger partial charge in [-0.15, -0.1) is 0 Å². The maximum atomic E-state index is 13.2. The molecule has 1 unspecified atom stereocenters. The van der Waals surface area contributed by atoms with E-state index in [0.29, 0.717) is 30.4 Å². The number of ether oxygens (including phenoxy) is 1. The fraction of sp³-hybridized carbons (Fsp3) is 0.250. The predicted octanol–water partition coefficient (Wildman–Crippen LogP) is 3.62. The summed E-state index contributed by atoms with van der Waals surface area (Å²) in [7, 11) is 0. The lowest BCUT2D eigenvalue weighted by molar-refractivity contribution is -0.117. The van der Waals surface area contributed by atoms with Gasteiger partial charge in [-0.2, -0.15) is 4.98 Å². The predicted molar refractivity (Wildman–Crippen MR) is 95.9 cm³/mol. The topological polar surface area (TPSA) is 68.5 Å². The van der Waals surface area contributed by atoms with Crippen LogP contribution >= 0.6 is 0 Å². The van der Waals surface area contributed by atoms with Crippen molar-refractivity contribution in [2.45, 2.75) is 25.9 Å². The Morgan fingerprint density at radius 3 is 2.78 bits per heavy atom. The quantitative estimate of drug-likeness (QED) is 0.689. The molecule has 4 rings (SSSR count). The average molecular weight is 367 g/mol. The number of hydrogen-bond acceptors (Lipinski definition) is 5. The molecule has 0 bridgehead atoms. The highest BCUT2D eigenvalue weighted by molar-refractivity contribution is 5.96. The fourth-order valence-corrected chi connectivity index (χ4v) is 3.13. The van der Waals surface area contributed by atoms with Gasteiger partial charge >= 0.3 is 0 Å². The Balaban J connectivity index is 1.40. The highest BCUT2D eigenvalue weighted by Gasteiger charge is 2.34. The summed E-state index contributed by atoms with van der Waals surface area (Å²) in [6.07, 6.45) is 0.358. The lowest BCUT2D eigenvalue weighted by atomic mass is 10.1. The SMILES string of the molecule is Cc1nc(C2CC(=O)N(c3ccc(OCc4cccc(F)c4)cc3)C2)no1. The third-order valence-electron chi connectivity index (χ3n) is 4.48. The average Bonchev–Trinajstić information content (AvgIpc) is 3.26. The van der Waals surface area contributed by atoms with Gasteiger partial charge in [0.2, 0.25) is 11.8 Å². The monoisotopic (exact) mass is 367 g/mol. The minimum atomic E-state index is -0.287. The Morgan fingerprint density at radius 1 is 1.26 bits per heavy atom. The minimum absolute atomic E-state index is 0.0240. The summed E-state index contributed by atoms with van der Waals surface area (Å²) in [6, 6.07) is 13.6. The highest BCUT2D eigenvalue weighted by atomic mass is 19.1. The Kier molecular flexibility index (Phi) is 4.58. The molecule has 0 saturated carbocycles. The lowest BCUT2D eigenvalue weighted by Crippen LogP contribution is -2.24. The van der Waals surface area contributed by atoms with Crippen molar-refractivity contribution >= 4 is 11.6 Å². The smallest absolute Gasteiger partial charge is 0.227 e. The molecule has 0 radical (unpaired) electrons. The number of amides is 1. The van der Waals surface area contributed by atoms with Crippen LogP contribution in [0.3, 0.4) is 0 Å². The van der Waals surface area contributed by atoms with Gasteiger partial charge in [0.1, 0.15) is 18.2 Å². The second-order valence-electron chi connectivity index (χ2n) is 6.49. The summed E-state index contributed by atoms with van der Waals surface area (Å²) in [5.74, 6) is 1.38. The molecule has 7 heteroatoms. The van der Waals surface area contributed by atoms with Crippen molar-refractivity contribution < 1.29 is 18.4 Å². The van der Waals surface area contributed by atoms with Crippen LogP contribution in [0.4, 0.5) is 10.1 Å². The summed E-state index contributed by atoms with van der Waals surface area (Å²) in [6.45, 7) is 2.52. The Morgan fingerprint density at radius 2 is 2.07 bits per heavy atom. The zero-order valence-corrected chi connectivity index (χ0v) is 14.8. The second kappa shape index (κ2) is 7.19. The van der Waals surface area contributed by atoms with Crippen LogP contribution < -0.4 is 9.64 Å². The molecule has 3 aromatic rings. The van der Waals surface area contributed by atoms with Crippen LogP contribution in [-0.4, -0.2) is 22.6 Å². The van der Waals surface area contributed by atoms with Crippen LogP contribution in [-0.2, 0) is 11.4 Å². The number of carbonyl (C=O) groups excluding carboxylic acids is 1. The molecule has 2 aromatic carbocycles. The van der Waals surface area contributed by atoms with Gasteiger partial charge in [0.15, 0.2) is 5.82 Å². The van der Waals surface area contributed by atoms with Gasteiger partial charge in [0, 0.05) is 31.5 Å². The number of anilines is 1. The van der Waals surface area contributed by atoms with E-state index in [1.165, 1.54) is 12.1 Å². The number of nitrogens with zero attached hydrogens (tertiary/aromatic N) is 3. The molecule has 1 fully saturated rings. The minimum Gasteiger partial charge on any atom is -0.489 e. The van der Waals surface area contributed by atoms with Crippen LogP contribution in [0.25, 0.3) is 0 Å². The Hall–Kier alpha value is -3.22. The third kappa shape index (κ3) is 3.81. The molecule has 1 aromatic heterocycles. The Bertz CT molecular complexity index is 955. The zero-order valence-electron chi connectivity index (χ0n) is 14.8. The molecular weight excluding hydrogens is 349 g/mol. The molecule has 0 N–H and O–H groups in total. The van der Waals surface area contributed by atoms with E-state index in [0.717, 1.165) is 11.3 Å². The first-order chi connectivity index (χ1) is 13.1. The normalized spacial score (nSPS) is 16.7. The van der Waals surface area contributed by atoms with Crippen LogP contribution in [0.2, 0.25) is 0 Å². The van der Waals surface area contributed by atoms with Gasteiger partial charge in [-0.1, -0.05) is 17.3 Å². The van der Waals surface area contributed by atoms with Gasteiger partial charge in [-0.25, -0.2) is 4.39 Å². The summed E-state index contributed by atoms with van der Waals surface area (Å²) in [5.41, 5.74) is 1.55. The van der Waals surface area contributed by atoms with Crippen molar-refractivity contribution in [1.82, 2.24) is 10.1 Å². The summed E-state index contributed by atoms with van der Waals surface area (Å²) in [5, 5.41) is 3.92. The number of rotatable bonds is 5. The largest absolute Gasteiger partial charge is 0.489 e. The number of aromatic nitrogens is 2. The molecule has 2 heterocycles. The molecule has 1 aliphatic heterocycles. The van der Waals surface area contributed by atoms with E-state index in [2.05, 4.69) is 10.1 Å².